The number of fused-ring (bicyclic) bond motifs is 1. The second-order valence-corrected chi connectivity index (χ2v) is 7.29. The number of nitrogens with one attached hydrogen (secondary N) is 2. The van der Waals surface area contributed by atoms with Crippen molar-refractivity contribution in [2.75, 3.05) is 6.79 Å². The average molecular weight is 441 g/mol. The van der Waals surface area contributed by atoms with Crippen LogP contribution in [0, 0.1) is 0 Å². The van der Waals surface area contributed by atoms with Crippen LogP contribution in [0.4, 0.5) is 0 Å². The lowest BCUT2D eigenvalue weighted by Crippen LogP contribution is -2.32. The van der Waals surface area contributed by atoms with E-state index >= 15 is 0 Å². The Hall–Kier alpha value is -4.39. The fourth-order valence-corrected chi connectivity index (χ4v) is 3.18. The second kappa shape index (κ2) is 10.3. The van der Waals surface area contributed by atoms with E-state index < -0.39 is 11.8 Å². The van der Waals surface area contributed by atoms with Gasteiger partial charge in [0.1, 0.15) is 5.70 Å². The van der Waals surface area contributed by atoms with Crippen LogP contribution < -0.4 is 20.2 Å². The number of rotatable bonds is 7. The lowest BCUT2D eigenvalue weighted by atomic mass is 10.1. The molecule has 0 spiro atoms. The van der Waals surface area contributed by atoms with Gasteiger partial charge in [-0.3, -0.25) is 9.59 Å². The first-order valence-electron chi connectivity index (χ1n) is 10.5. The van der Waals surface area contributed by atoms with Crippen LogP contribution in [0.15, 0.2) is 83.6 Å². The molecule has 0 fully saturated rings. The van der Waals surface area contributed by atoms with Crippen molar-refractivity contribution in [3.05, 3.63) is 101 Å². The number of nitrogens with zero attached hydrogens (tertiary/aromatic N) is 1. The number of carbonyl (C=O) groups is 2. The third kappa shape index (κ3) is 5.65. The molecule has 4 rings (SSSR count). The molecule has 0 radical (unpaired) electrons. The molecule has 0 saturated carbocycles. The normalized spacial score (nSPS) is 12.6. The van der Waals surface area contributed by atoms with Gasteiger partial charge in [0.25, 0.3) is 11.8 Å². The van der Waals surface area contributed by atoms with Crippen LogP contribution in [0.5, 0.6) is 11.5 Å². The second-order valence-electron chi connectivity index (χ2n) is 7.29. The van der Waals surface area contributed by atoms with Crippen molar-refractivity contribution in [1.29, 1.82) is 0 Å². The molecule has 3 aromatic rings. The summed E-state index contributed by atoms with van der Waals surface area (Å²) in [5, 5.41) is 6.71. The third-order valence-electron chi connectivity index (χ3n) is 5.00. The van der Waals surface area contributed by atoms with E-state index in [4.69, 9.17) is 9.47 Å². The molecule has 166 valence electrons. The van der Waals surface area contributed by atoms with Crippen LogP contribution in [0.25, 0.3) is 6.08 Å². The molecule has 1 aliphatic heterocycles. The quantitative estimate of drug-likeness (QED) is 0.331. The highest BCUT2D eigenvalue weighted by atomic mass is 16.7. The van der Waals surface area contributed by atoms with Crippen molar-refractivity contribution in [2.24, 2.45) is 5.10 Å². The van der Waals surface area contributed by atoms with Gasteiger partial charge in [-0.2, -0.15) is 5.10 Å². The van der Waals surface area contributed by atoms with E-state index in [9.17, 15) is 9.59 Å². The summed E-state index contributed by atoms with van der Waals surface area (Å²) in [4.78, 5) is 25.6. The Labute approximate surface area is 191 Å². The molecule has 33 heavy (non-hydrogen) atoms. The zero-order chi connectivity index (χ0) is 23.0. The number of ether oxygens (including phenoxy) is 2. The SMILES string of the molecule is CCc1ccc(/C=N\NC(=O)/C(=C\c2ccc3c(c2)OCO3)NC(=O)c2ccccc2)cc1. The maximum absolute atomic E-state index is 12.9. The molecule has 0 unspecified atom stereocenters. The van der Waals surface area contributed by atoms with Gasteiger partial charge < -0.3 is 14.8 Å². The molecule has 3 aromatic carbocycles. The van der Waals surface area contributed by atoms with Gasteiger partial charge in [0, 0.05) is 5.56 Å². The van der Waals surface area contributed by atoms with E-state index in [1.165, 1.54) is 5.56 Å². The summed E-state index contributed by atoms with van der Waals surface area (Å²) < 4.78 is 10.7. The Morgan fingerprint density at radius 2 is 1.67 bits per heavy atom. The van der Waals surface area contributed by atoms with E-state index in [0.29, 0.717) is 22.6 Å². The first-order chi connectivity index (χ1) is 16.1. The summed E-state index contributed by atoms with van der Waals surface area (Å²) in [6, 6.07) is 21.8. The molecule has 2 N–H and O–H groups in total. The molecule has 0 aliphatic carbocycles. The van der Waals surface area contributed by atoms with E-state index in [1.54, 1.807) is 54.8 Å². The molecule has 0 saturated heterocycles. The Bertz CT molecular complexity index is 1200. The zero-order valence-corrected chi connectivity index (χ0v) is 18.1. The maximum Gasteiger partial charge on any atom is 0.287 e. The Morgan fingerprint density at radius 3 is 2.42 bits per heavy atom. The standard InChI is InChI=1S/C26H23N3O4/c1-2-18-8-10-19(11-9-18)16-27-29-26(31)22(28-25(30)21-6-4-3-5-7-21)14-20-12-13-23-24(15-20)33-17-32-23/h3-16H,2,17H2,1H3,(H,28,30)(H,29,31)/b22-14+,27-16-. The fourth-order valence-electron chi connectivity index (χ4n) is 3.18. The minimum atomic E-state index is -0.557. The largest absolute Gasteiger partial charge is 0.454 e. The van der Waals surface area contributed by atoms with Gasteiger partial charge in [-0.15, -0.1) is 0 Å². The van der Waals surface area contributed by atoms with Crippen molar-refractivity contribution in [2.45, 2.75) is 13.3 Å². The molecule has 1 aliphatic rings. The van der Waals surface area contributed by atoms with Crippen LogP contribution in [-0.2, 0) is 11.2 Å². The highest BCUT2D eigenvalue weighted by molar-refractivity contribution is 6.05. The molecule has 0 aromatic heterocycles. The van der Waals surface area contributed by atoms with Gasteiger partial charge in [0.15, 0.2) is 11.5 Å². The molecule has 0 bridgehead atoms. The summed E-state index contributed by atoms with van der Waals surface area (Å²) in [6.07, 6.45) is 4.06. The summed E-state index contributed by atoms with van der Waals surface area (Å²) in [7, 11) is 0. The number of hydrazone groups is 1. The predicted octanol–water partition coefficient (Wildman–Crippen LogP) is 3.90. The maximum atomic E-state index is 12.9. The Kier molecular flexibility index (Phi) is 6.80. The molecular weight excluding hydrogens is 418 g/mol. The van der Waals surface area contributed by atoms with Crippen molar-refractivity contribution in [3.63, 3.8) is 0 Å². The van der Waals surface area contributed by atoms with E-state index in [2.05, 4.69) is 22.8 Å². The lowest BCUT2D eigenvalue weighted by molar-refractivity contribution is -0.117. The van der Waals surface area contributed by atoms with Crippen molar-refractivity contribution >= 4 is 24.1 Å². The monoisotopic (exact) mass is 441 g/mol. The zero-order valence-electron chi connectivity index (χ0n) is 18.1. The van der Waals surface area contributed by atoms with Crippen LogP contribution in [0.2, 0.25) is 0 Å². The van der Waals surface area contributed by atoms with Crippen LogP contribution >= 0.6 is 0 Å². The summed E-state index contributed by atoms with van der Waals surface area (Å²) in [5.41, 5.74) is 5.68. The summed E-state index contributed by atoms with van der Waals surface area (Å²) in [5.74, 6) is 0.242. The van der Waals surface area contributed by atoms with Crippen LogP contribution in [0.1, 0.15) is 34.0 Å². The summed E-state index contributed by atoms with van der Waals surface area (Å²) >= 11 is 0. The average Bonchev–Trinajstić information content (AvgIpc) is 3.32. The molecule has 2 amide bonds. The van der Waals surface area contributed by atoms with Crippen LogP contribution in [0.3, 0.4) is 0 Å². The topological polar surface area (TPSA) is 89.0 Å². The fraction of sp³-hybridized carbons (Fsp3) is 0.115. The Morgan fingerprint density at radius 1 is 0.939 bits per heavy atom. The van der Waals surface area contributed by atoms with Gasteiger partial charge in [-0.25, -0.2) is 5.43 Å². The van der Waals surface area contributed by atoms with Crippen molar-refractivity contribution in [1.82, 2.24) is 10.7 Å². The summed E-state index contributed by atoms with van der Waals surface area (Å²) in [6.45, 7) is 2.23. The van der Waals surface area contributed by atoms with Gasteiger partial charge >= 0.3 is 0 Å². The Balaban J connectivity index is 1.53. The van der Waals surface area contributed by atoms with Crippen LogP contribution in [-0.4, -0.2) is 24.8 Å². The van der Waals surface area contributed by atoms with Gasteiger partial charge in [-0.1, -0.05) is 55.5 Å². The number of hydrogen-bond donors (Lipinski definition) is 2. The highest BCUT2D eigenvalue weighted by Crippen LogP contribution is 2.33. The minimum Gasteiger partial charge on any atom is -0.454 e. The lowest BCUT2D eigenvalue weighted by Gasteiger charge is -2.09. The van der Waals surface area contributed by atoms with E-state index in [-0.39, 0.29) is 12.5 Å². The van der Waals surface area contributed by atoms with Gasteiger partial charge in [0.05, 0.1) is 6.21 Å². The van der Waals surface area contributed by atoms with Gasteiger partial charge in [0.2, 0.25) is 6.79 Å². The van der Waals surface area contributed by atoms with E-state index in [0.717, 1.165) is 12.0 Å². The number of aryl methyl sites for hydroxylation is 1. The van der Waals surface area contributed by atoms with Crippen molar-refractivity contribution < 1.29 is 19.1 Å². The first-order valence-corrected chi connectivity index (χ1v) is 10.5. The van der Waals surface area contributed by atoms with Crippen molar-refractivity contribution in [3.8, 4) is 11.5 Å². The third-order valence-corrected chi connectivity index (χ3v) is 5.00. The minimum absolute atomic E-state index is 0.0428. The molecule has 7 heteroatoms. The molecule has 7 nitrogen and oxygen atoms in total. The number of amides is 2. The number of hydrogen-bond acceptors (Lipinski definition) is 5. The molecular formula is C26H23N3O4. The van der Waals surface area contributed by atoms with Gasteiger partial charge in [-0.05, 0) is 53.5 Å². The number of carbonyl (C=O) groups excluding carboxylic acids is 2. The number of benzene rings is 3. The molecule has 0 atom stereocenters. The smallest absolute Gasteiger partial charge is 0.287 e. The highest BCUT2D eigenvalue weighted by Gasteiger charge is 2.16. The predicted molar refractivity (Wildman–Crippen MR) is 126 cm³/mol. The molecule has 1 heterocycles. The van der Waals surface area contributed by atoms with E-state index in [1.807, 2.05) is 30.3 Å². The first kappa shape index (κ1) is 21.8.